The highest BCUT2D eigenvalue weighted by Crippen LogP contribution is 2.39. The van der Waals surface area contributed by atoms with E-state index in [9.17, 15) is 19.1 Å². The summed E-state index contributed by atoms with van der Waals surface area (Å²) in [5.41, 5.74) is 0.967. The molecule has 2 aliphatic rings. The molecular weight excluding hydrogens is 427 g/mol. The summed E-state index contributed by atoms with van der Waals surface area (Å²) in [6.07, 6.45) is 0.660. The van der Waals surface area contributed by atoms with Crippen molar-refractivity contribution >= 4 is 17.4 Å². The Kier molecular flexibility index (Phi) is 7.05. The summed E-state index contributed by atoms with van der Waals surface area (Å²) < 4.78 is 24.1. The van der Waals surface area contributed by atoms with Crippen molar-refractivity contribution in [3.05, 3.63) is 71.0 Å². The zero-order valence-electron chi connectivity index (χ0n) is 18.5. The molecule has 2 aromatic rings. The molecule has 0 unspecified atom stereocenters. The number of nitrogens with zero attached hydrogens (tertiary/aromatic N) is 2. The summed E-state index contributed by atoms with van der Waals surface area (Å²) in [4.78, 5) is 29.8. The molecule has 2 fully saturated rings. The number of hydrogen-bond donors (Lipinski definition) is 1. The standard InChI is InChI=1S/C25H27FN2O5/c1-32-20-9-5-18(6-10-20)23(29)21-22(17-3-7-19(26)8-4-17)28(25(31)24(21)30)12-2-11-27-13-15-33-16-14-27/h3-10,22,29H,2,11-16H2,1H3/t22-/m0/s1. The molecule has 8 heteroatoms. The third-order valence-electron chi connectivity index (χ3n) is 6.07. The maximum atomic E-state index is 13.6. The fraction of sp³-hybridized carbons (Fsp3) is 0.360. The largest absolute Gasteiger partial charge is 0.507 e. The second kappa shape index (κ2) is 10.1. The van der Waals surface area contributed by atoms with Crippen LogP contribution in [-0.4, -0.2) is 73.1 Å². The number of amides is 1. The third kappa shape index (κ3) is 4.91. The SMILES string of the molecule is COc1ccc(C(O)=C2C(=O)C(=O)N(CCCN3CCOCC3)[C@H]2c2ccc(F)cc2)cc1. The molecule has 2 heterocycles. The molecule has 1 amide bonds. The lowest BCUT2D eigenvalue weighted by Gasteiger charge is -2.29. The van der Waals surface area contributed by atoms with Crippen LogP contribution in [0.1, 0.15) is 23.6 Å². The molecular formula is C25H27FN2O5. The molecule has 2 saturated heterocycles. The van der Waals surface area contributed by atoms with Crippen LogP contribution in [0, 0.1) is 5.82 Å². The molecule has 0 bridgehead atoms. The number of likely N-dealkylation sites (tertiary alicyclic amines) is 1. The molecule has 1 N–H and O–H groups in total. The van der Waals surface area contributed by atoms with E-state index in [0.717, 1.165) is 19.6 Å². The lowest BCUT2D eigenvalue weighted by molar-refractivity contribution is -0.140. The summed E-state index contributed by atoms with van der Waals surface area (Å²) >= 11 is 0. The maximum absolute atomic E-state index is 13.6. The van der Waals surface area contributed by atoms with Crippen LogP contribution in [0.3, 0.4) is 0 Å². The number of carbonyl (C=O) groups excluding carboxylic acids is 2. The summed E-state index contributed by atoms with van der Waals surface area (Å²) in [7, 11) is 1.53. The zero-order chi connectivity index (χ0) is 23.4. The van der Waals surface area contributed by atoms with E-state index in [1.807, 2.05) is 0 Å². The number of ether oxygens (including phenoxy) is 2. The van der Waals surface area contributed by atoms with Gasteiger partial charge in [-0.2, -0.15) is 0 Å². The Morgan fingerprint density at radius 1 is 1.06 bits per heavy atom. The van der Waals surface area contributed by atoms with Gasteiger partial charge in [0.1, 0.15) is 17.3 Å². The molecule has 0 saturated carbocycles. The topological polar surface area (TPSA) is 79.3 Å². The van der Waals surface area contributed by atoms with E-state index < -0.39 is 23.5 Å². The van der Waals surface area contributed by atoms with Crippen LogP contribution >= 0.6 is 0 Å². The lowest BCUT2D eigenvalue weighted by atomic mass is 9.95. The Morgan fingerprint density at radius 2 is 1.73 bits per heavy atom. The van der Waals surface area contributed by atoms with E-state index in [0.29, 0.717) is 43.1 Å². The van der Waals surface area contributed by atoms with Gasteiger partial charge in [0.05, 0.1) is 31.9 Å². The Balaban J connectivity index is 1.65. The van der Waals surface area contributed by atoms with Gasteiger partial charge >= 0.3 is 0 Å². The van der Waals surface area contributed by atoms with Gasteiger partial charge in [-0.3, -0.25) is 14.5 Å². The van der Waals surface area contributed by atoms with Gasteiger partial charge in [0.2, 0.25) is 0 Å². The molecule has 1 atom stereocenters. The Bertz CT molecular complexity index is 1030. The molecule has 174 valence electrons. The lowest BCUT2D eigenvalue weighted by Crippen LogP contribution is -2.38. The molecule has 2 aromatic carbocycles. The van der Waals surface area contributed by atoms with Crippen molar-refractivity contribution in [2.24, 2.45) is 0 Å². The van der Waals surface area contributed by atoms with Crippen LogP contribution in [-0.2, 0) is 14.3 Å². The highest BCUT2D eigenvalue weighted by molar-refractivity contribution is 6.46. The fourth-order valence-electron chi connectivity index (χ4n) is 4.30. The Labute approximate surface area is 192 Å². The van der Waals surface area contributed by atoms with Crippen LogP contribution in [0.4, 0.5) is 4.39 Å². The van der Waals surface area contributed by atoms with Crippen LogP contribution in [0.2, 0.25) is 0 Å². The Hall–Kier alpha value is -3.23. The first-order valence-electron chi connectivity index (χ1n) is 11.0. The van der Waals surface area contributed by atoms with Gasteiger partial charge in [-0.25, -0.2) is 4.39 Å². The Morgan fingerprint density at radius 3 is 2.36 bits per heavy atom. The normalized spacial score (nSPS) is 20.9. The van der Waals surface area contributed by atoms with Crippen molar-refractivity contribution in [2.45, 2.75) is 12.5 Å². The monoisotopic (exact) mass is 454 g/mol. The minimum atomic E-state index is -0.794. The van der Waals surface area contributed by atoms with E-state index in [1.54, 1.807) is 36.4 Å². The average molecular weight is 454 g/mol. The fourth-order valence-corrected chi connectivity index (χ4v) is 4.30. The van der Waals surface area contributed by atoms with Crippen molar-refractivity contribution in [1.82, 2.24) is 9.80 Å². The van der Waals surface area contributed by atoms with Gasteiger partial charge in [-0.05, 0) is 48.4 Å². The number of Topliss-reactive ketones (excluding diaryl/α,β-unsaturated/α-hetero) is 1. The van der Waals surface area contributed by atoms with E-state index in [-0.39, 0.29) is 11.3 Å². The van der Waals surface area contributed by atoms with Crippen molar-refractivity contribution in [3.8, 4) is 5.75 Å². The molecule has 0 aromatic heterocycles. The summed E-state index contributed by atoms with van der Waals surface area (Å²) in [6.45, 7) is 4.13. The van der Waals surface area contributed by atoms with Crippen molar-refractivity contribution in [1.29, 1.82) is 0 Å². The predicted molar refractivity (Wildman–Crippen MR) is 120 cm³/mol. The van der Waals surface area contributed by atoms with Gasteiger partial charge < -0.3 is 19.5 Å². The zero-order valence-corrected chi connectivity index (χ0v) is 18.5. The number of morpholine rings is 1. The number of aliphatic hydroxyl groups excluding tert-OH is 1. The molecule has 0 aliphatic carbocycles. The van der Waals surface area contributed by atoms with E-state index in [4.69, 9.17) is 9.47 Å². The number of halogens is 1. The second-order valence-electron chi connectivity index (χ2n) is 8.08. The second-order valence-corrected chi connectivity index (χ2v) is 8.08. The van der Waals surface area contributed by atoms with Gasteiger partial charge in [0.15, 0.2) is 0 Å². The van der Waals surface area contributed by atoms with Gasteiger partial charge in [-0.15, -0.1) is 0 Å². The van der Waals surface area contributed by atoms with Crippen LogP contribution in [0.15, 0.2) is 54.1 Å². The first-order chi connectivity index (χ1) is 16.0. The van der Waals surface area contributed by atoms with Crippen molar-refractivity contribution in [3.63, 3.8) is 0 Å². The van der Waals surface area contributed by atoms with E-state index >= 15 is 0 Å². The van der Waals surface area contributed by atoms with Gasteiger partial charge in [-0.1, -0.05) is 12.1 Å². The predicted octanol–water partition coefficient (Wildman–Crippen LogP) is 2.98. The van der Waals surface area contributed by atoms with Gasteiger partial charge in [0.25, 0.3) is 11.7 Å². The molecule has 4 rings (SSSR count). The van der Waals surface area contributed by atoms with Crippen LogP contribution in [0.5, 0.6) is 5.75 Å². The number of ketones is 1. The van der Waals surface area contributed by atoms with Crippen LogP contribution < -0.4 is 4.74 Å². The molecule has 33 heavy (non-hydrogen) atoms. The smallest absolute Gasteiger partial charge is 0.295 e. The van der Waals surface area contributed by atoms with E-state index in [2.05, 4.69) is 4.90 Å². The third-order valence-corrected chi connectivity index (χ3v) is 6.07. The summed E-state index contributed by atoms with van der Waals surface area (Å²) in [6, 6.07) is 11.5. The quantitative estimate of drug-likeness (QED) is 0.394. The average Bonchev–Trinajstić information content (AvgIpc) is 3.10. The van der Waals surface area contributed by atoms with E-state index in [1.165, 1.54) is 24.1 Å². The molecule has 0 spiro atoms. The molecule has 2 aliphatic heterocycles. The van der Waals surface area contributed by atoms with Gasteiger partial charge in [0, 0.05) is 31.7 Å². The van der Waals surface area contributed by atoms with Crippen LogP contribution in [0.25, 0.3) is 5.76 Å². The van der Waals surface area contributed by atoms with Crippen molar-refractivity contribution < 1.29 is 28.6 Å². The minimum Gasteiger partial charge on any atom is -0.507 e. The van der Waals surface area contributed by atoms with Crippen molar-refractivity contribution in [2.75, 3.05) is 46.5 Å². The number of benzene rings is 2. The first-order valence-corrected chi connectivity index (χ1v) is 11.0. The number of aliphatic hydroxyl groups is 1. The highest BCUT2D eigenvalue weighted by Gasteiger charge is 2.45. The number of rotatable bonds is 7. The summed E-state index contributed by atoms with van der Waals surface area (Å²) in [5.74, 6) is -1.49. The number of hydrogen-bond acceptors (Lipinski definition) is 6. The molecule has 0 radical (unpaired) electrons. The minimum absolute atomic E-state index is 0.00291. The number of carbonyl (C=O) groups is 2. The maximum Gasteiger partial charge on any atom is 0.295 e. The first kappa shape index (κ1) is 22.9. The number of methoxy groups -OCH3 is 1. The molecule has 7 nitrogen and oxygen atoms in total. The summed E-state index contributed by atoms with van der Waals surface area (Å²) in [5, 5.41) is 11.0. The highest BCUT2D eigenvalue weighted by atomic mass is 19.1.